The topological polar surface area (TPSA) is 82.8 Å². The van der Waals surface area contributed by atoms with Gasteiger partial charge < -0.3 is 11.5 Å². The number of aromatic nitrogens is 3. The summed E-state index contributed by atoms with van der Waals surface area (Å²) in [5, 5.41) is 7.83. The van der Waals surface area contributed by atoms with Crippen LogP contribution in [0, 0.1) is 5.92 Å². The number of hydrogen-bond donors (Lipinski definition) is 2. The van der Waals surface area contributed by atoms with Gasteiger partial charge in [0.1, 0.15) is 0 Å². The number of nitrogens with two attached hydrogens (primary N) is 2. The van der Waals surface area contributed by atoms with Crippen LogP contribution in [0.3, 0.4) is 0 Å². The maximum absolute atomic E-state index is 5.75. The van der Waals surface area contributed by atoms with Gasteiger partial charge in [0, 0.05) is 0 Å². The van der Waals surface area contributed by atoms with E-state index in [1.165, 1.54) is 19.3 Å². The second kappa shape index (κ2) is 3.96. The van der Waals surface area contributed by atoms with Gasteiger partial charge in [-0.15, -0.1) is 5.10 Å². The van der Waals surface area contributed by atoms with Gasteiger partial charge in [0.2, 0.25) is 0 Å². The van der Waals surface area contributed by atoms with Crippen LogP contribution >= 0.6 is 0 Å². The lowest BCUT2D eigenvalue weighted by atomic mass is 9.85. The maximum atomic E-state index is 5.75. The highest BCUT2D eigenvalue weighted by Gasteiger charge is 2.26. The normalized spacial score (nSPS) is 27.8. The first kappa shape index (κ1) is 9.45. The fourth-order valence-electron chi connectivity index (χ4n) is 2.26. The molecular formula is C9H17N5. The lowest BCUT2D eigenvalue weighted by Crippen LogP contribution is -2.29. The van der Waals surface area contributed by atoms with Crippen LogP contribution in [-0.4, -0.2) is 21.5 Å². The number of hydrogen-bond acceptors (Lipinski definition) is 4. The maximum Gasteiger partial charge on any atom is 0.165 e. The van der Waals surface area contributed by atoms with Crippen molar-refractivity contribution >= 4 is 5.82 Å². The van der Waals surface area contributed by atoms with E-state index in [9.17, 15) is 0 Å². The van der Waals surface area contributed by atoms with E-state index < -0.39 is 0 Å². The van der Waals surface area contributed by atoms with E-state index in [0.717, 1.165) is 13.0 Å². The Hall–Kier alpha value is -1.10. The Morgan fingerprint density at radius 2 is 2.21 bits per heavy atom. The van der Waals surface area contributed by atoms with Crippen LogP contribution < -0.4 is 11.5 Å². The molecule has 1 aromatic rings. The van der Waals surface area contributed by atoms with Crippen molar-refractivity contribution in [1.29, 1.82) is 0 Å². The lowest BCUT2D eigenvalue weighted by Gasteiger charge is -2.30. The predicted octanol–water partition coefficient (Wildman–Crippen LogP) is 0.550. The second-order valence-electron chi connectivity index (χ2n) is 3.97. The van der Waals surface area contributed by atoms with Crippen molar-refractivity contribution < 1.29 is 0 Å². The Bertz CT molecular complexity index is 295. The van der Waals surface area contributed by atoms with Gasteiger partial charge in [0.15, 0.2) is 5.82 Å². The molecule has 0 bridgehead atoms. The van der Waals surface area contributed by atoms with E-state index >= 15 is 0 Å². The van der Waals surface area contributed by atoms with Gasteiger partial charge in [-0.25, -0.2) is 4.68 Å². The molecule has 1 saturated carbocycles. The van der Waals surface area contributed by atoms with E-state index in [0.29, 0.717) is 17.8 Å². The molecule has 0 aliphatic heterocycles. The standard InChI is InChI=1S/C9H17N5/c10-5-7-3-1-2-4-8(7)14-6-9(11)12-13-14/h6-8H,1-5,10-11H2. The molecule has 1 fully saturated rings. The van der Waals surface area contributed by atoms with E-state index in [2.05, 4.69) is 10.3 Å². The molecule has 14 heavy (non-hydrogen) atoms. The molecule has 0 saturated heterocycles. The number of anilines is 1. The first-order chi connectivity index (χ1) is 6.81. The SMILES string of the molecule is NCC1CCCCC1n1cc(N)nn1. The summed E-state index contributed by atoms with van der Waals surface area (Å²) >= 11 is 0. The van der Waals surface area contributed by atoms with E-state index in [1.807, 2.05) is 4.68 Å². The minimum Gasteiger partial charge on any atom is -0.381 e. The van der Waals surface area contributed by atoms with Crippen LogP contribution in [0.15, 0.2) is 6.20 Å². The van der Waals surface area contributed by atoms with Crippen LogP contribution in [0.1, 0.15) is 31.7 Å². The van der Waals surface area contributed by atoms with Crippen molar-refractivity contribution in [3.8, 4) is 0 Å². The molecule has 1 aromatic heterocycles. The summed E-state index contributed by atoms with van der Waals surface area (Å²) in [6.07, 6.45) is 6.67. The highest BCUT2D eigenvalue weighted by molar-refractivity contribution is 5.20. The van der Waals surface area contributed by atoms with Crippen LogP contribution in [0.25, 0.3) is 0 Å². The Morgan fingerprint density at radius 1 is 1.43 bits per heavy atom. The summed E-state index contributed by atoms with van der Waals surface area (Å²) in [7, 11) is 0. The average Bonchev–Trinajstić information content (AvgIpc) is 2.65. The van der Waals surface area contributed by atoms with Crippen LogP contribution in [0.2, 0.25) is 0 Å². The summed E-state index contributed by atoms with van der Waals surface area (Å²) < 4.78 is 1.88. The van der Waals surface area contributed by atoms with Crippen molar-refractivity contribution in [3.05, 3.63) is 6.20 Å². The van der Waals surface area contributed by atoms with Crippen molar-refractivity contribution in [2.45, 2.75) is 31.7 Å². The first-order valence-corrected chi connectivity index (χ1v) is 5.18. The van der Waals surface area contributed by atoms with Gasteiger partial charge in [0.25, 0.3) is 0 Å². The predicted molar refractivity (Wildman–Crippen MR) is 54.5 cm³/mol. The highest BCUT2D eigenvalue weighted by atomic mass is 15.4. The average molecular weight is 195 g/mol. The van der Waals surface area contributed by atoms with E-state index in [1.54, 1.807) is 6.20 Å². The number of rotatable bonds is 2. The van der Waals surface area contributed by atoms with Crippen molar-refractivity contribution in [1.82, 2.24) is 15.0 Å². The third-order valence-corrected chi connectivity index (χ3v) is 3.04. The van der Waals surface area contributed by atoms with Crippen molar-refractivity contribution in [2.24, 2.45) is 11.7 Å². The molecule has 1 aliphatic rings. The van der Waals surface area contributed by atoms with Gasteiger partial charge in [-0.05, 0) is 25.3 Å². The molecule has 5 nitrogen and oxygen atoms in total. The molecule has 78 valence electrons. The Kier molecular flexibility index (Phi) is 2.67. The molecule has 2 unspecified atom stereocenters. The first-order valence-electron chi connectivity index (χ1n) is 5.18. The molecule has 4 N–H and O–H groups in total. The molecule has 0 radical (unpaired) electrons. The molecule has 0 aromatic carbocycles. The zero-order valence-electron chi connectivity index (χ0n) is 8.26. The molecule has 0 amide bonds. The van der Waals surface area contributed by atoms with Gasteiger partial charge in [-0.1, -0.05) is 18.1 Å². The lowest BCUT2D eigenvalue weighted by molar-refractivity contribution is 0.226. The Morgan fingerprint density at radius 3 is 2.86 bits per heavy atom. The monoisotopic (exact) mass is 195 g/mol. The van der Waals surface area contributed by atoms with Crippen molar-refractivity contribution in [3.63, 3.8) is 0 Å². The van der Waals surface area contributed by atoms with E-state index in [4.69, 9.17) is 11.5 Å². The molecule has 0 spiro atoms. The van der Waals surface area contributed by atoms with Gasteiger partial charge in [0.05, 0.1) is 12.2 Å². The molecular weight excluding hydrogens is 178 g/mol. The van der Waals surface area contributed by atoms with Gasteiger partial charge in [-0.3, -0.25) is 0 Å². The smallest absolute Gasteiger partial charge is 0.165 e. The zero-order valence-corrected chi connectivity index (χ0v) is 8.26. The molecule has 5 heteroatoms. The highest BCUT2D eigenvalue weighted by Crippen LogP contribution is 2.32. The molecule has 1 heterocycles. The van der Waals surface area contributed by atoms with Crippen molar-refractivity contribution in [2.75, 3.05) is 12.3 Å². The summed E-state index contributed by atoms with van der Waals surface area (Å²) in [5.41, 5.74) is 11.3. The number of nitrogen functional groups attached to an aromatic ring is 1. The largest absolute Gasteiger partial charge is 0.381 e. The van der Waals surface area contributed by atoms with E-state index in [-0.39, 0.29) is 0 Å². The summed E-state index contributed by atoms with van der Waals surface area (Å²) in [4.78, 5) is 0. The summed E-state index contributed by atoms with van der Waals surface area (Å²) in [5.74, 6) is 1.02. The molecule has 1 aliphatic carbocycles. The zero-order chi connectivity index (χ0) is 9.97. The second-order valence-corrected chi connectivity index (χ2v) is 3.97. The fourth-order valence-corrected chi connectivity index (χ4v) is 2.26. The third kappa shape index (κ3) is 1.72. The van der Waals surface area contributed by atoms with Gasteiger partial charge >= 0.3 is 0 Å². The molecule has 2 rings (SSSR count). The quantitative estimate of drug-likeness (QED) is 0.722. The minimum atomic E-state index is 0.401. The Labute approximate surface area is 83.5 Å². The summed E-state index contributed by atoms with van der Waals surface area (Å²) in [6.45, 7) is 0.727. The minimum absolute atomic E-state index is 0.401. The van der Waals surface area contributed by atoms with Crippen LogP contribution in [0.4, 0.5) is 5.82 Å². The van der Waals surface area contributed by atoms with Crippen LogP contribution in [-0.2, 0) is 0 Å². The van der Waals surface area contributed by atoms with Crippen LogP contribution in [0.5, 0.6) is 0 Å². The third-order valence-electron chi connectivity index (χ3n) is 3.04. The molecule has 2 atom stereocenters. The summed E-state index contributed by atoms with van der Waals surface area (Å²) in [6, 6.07) is 0.401. The fraction of sp³-hybridized carbons (Fsp3) is 0.778. The number of nitrogens with zero attached hydrogens (tertiary/aromatic N) is 3. The Balaban J connectivity index is 2.14. The van der Waals surface area contributed by atoms with Gasteiger partial charge in [-0.2, -0.15) is 0 Å².